The highest BCUT2D eigenvalue weighted by Crippen LogP contribution is 2.28. The average molecular weight is 289 g/mol. The Labute approximate surface area is 102 Å². The van der Waals surface area contributed by atoms with Gasteiger partial charge in [-0.25, -0.2) is 4.98 Å². The lowest BCUT2D eigenvalue weighted by Crippen LogP contribution is -2.36. The van der Waals surface area contributed by atoms with E-state index in [-0.39, 0.29) is 0 Å². The topological polar surface area (TPSA) is 25.4 Å². The quantitative estimate of drug-likeness (QED) is 0.799. The van der Waals surface area contributed by atoms with E-state index in [9.17, 15) is 0 Å². The molecule has 1 saturated heterocycles. The Bertz CT molecular complexity index is 347. The van der Waals surface area contributed by atoms with Gasteiger partial charge in [-0.05, 0) is 5.57 Å². The second-order valence-corrected chi connectivity index (χ2v) is 4.91. The third kappa shape index (κ3) is 2.59. The van der Waals surface area contributed by atoms with Gasteiger partial charge in [-0.3, -0.25) is 0 Å². The maximum Gasteiger partial charge on any atom is 0.185 e. The van der Waals surface area contributed by atoms with Crippen LogP contribution in [0, 0.1) is 0 Å². The van der Waals surface area contributed by atoms with E-state index in [2.05, 4.69) is 32.4 Å². The first-order valence-corrected chi connectivity index (χ1v) is 6.77. The summed E-state index contributed by atoms with van der Waals surface area (Å²) in [6.07, 6.45) is 1.90. The van der Waals surface area contributed by atoms with E-state index < -0.39 is 0 Å². The van der Waals surface area contributed by atoms with Gasteiger partial charge in [-0.15, -0.1) is 0 Å². The van der Waals surface area contributed by atoms with Crippen LogP contribution in [0.4, 0.5) is 5.13 Å². The first-order chi connectivity index (χ1) is 7.31. The normalized spacial score (nSPS) is 16.7. The second-order valence-electron chi connectivity index (χ2n) is 3.34. The minimum Gasteiger partial charge on any atom is -0.378 e. The number of hydrogen-bond acceptors (Lipinski definition) is 4. The molecule has 0 N–H and O–H groups in total. The van der Waals surface area contributed by atoms with Crippen LogP contribution in [0.2, 0.25) is 0 Å². The highest BCUT2D eigenvalue weighted by Gasteiger charge is 2.14. The van der Waals surface area contributed by atoms with Gasteiger partial charge >= 0.3 is 0 Å². The maximum absolute atomic E-state index is 5.31. The van der Waals surface area contributed by atoms with Gasteiger partial charge in [0.05, 0.1) is 18.1 Å². The number of morpholine rings is 1. The molecule has 0 spiro atoms. The summed E-state index contributed by atoms with van der Waals surface area (Å²) in [5.74, 6) is 0. The lowest BCUT2D eigenvalue weighted by Gasteiger charge is -2.25. The zero-order chi connectivity index (χ0) is 10.7. The van der Waals surface area contributed by atoms with Gasteiger partial charge in [0.1, 0.15) is 0 Å². The van der Waals surface area contributed by atoms with Crippen LogP contribution in [0.15, 0.2) is 12.8 Å². The van der Waals surface area contributed by atoms with Gasteiger partial charge in [-0.1, -0.05) is 33.8 Å². The molecular weight excluding hydrogens is 276 g/mol. The summed E-state index contributed by atoms with van der Waals surface area (Å²) in [6.45, 7) is 7.46. The Balaban J connectivity index is 2.08. The molecule has 15 heavy (non-hydrogen) atoms. The molecule has 0 saturated carbocycles. The largest absolute Gasteiger partial charge is 0.378 e. The summed E-state index contributed by atoms with van der Waals surface area (Å²) in [5.41, 5.74) is 1.09. The molecule has 0 aromatic carbocycles. The Morgan fingerprint density at radius 3 is 3.00 bits per heavy atom. The van der Waals surface area contributed by atoms with Gasteiger partial charge in [0.2, 0.25) is 0 Å². The summed E-state index contributed by atoms with van der Waals surface area (Å²) in [7, 11) is 0. The minimum absolute atomic E-state index is 0.800. The van der Waals surface area contributed by atoms with Crippen molar-refractivity contribution in [3.05, 3.63) is 17.7 Å². The van der Waals surface area contributed by atoms with E-state index in [1.807, 2.05) is 6.20 Å². The molecule has 5 heteroatoms. The van der Waals surface area contributed by atoms with Crippen molar-refractivity contribution in [3.63, 3.8) is 0 Å². The fourth-order valence-corrected chi connectivity index (χ4v) is 2.82. The average Bonchev–Trinajstić information content (AvgIpc) is 2.78. The van der Waals surface area contributed by atoms with Crippen LogP contribution in [-0.2, 0) is 4.74 Å². The van der Waals surface area contributed by atoms with Crippen molar-refractivity contribution < 1.29 is 4.74 Å². The molecule has 0 aliphatic carbocycles. The minimum atomic E-state index is 0.800. The van der Waals surface area contributed by atoms with E-state index in [4.69, 9.17) is 4.74 Å². The molecule has 1 fully saturated rings. The van der Waals surface area contributed by atoms with Crippen LogP contribution >= 0.6 is 27.3 Å². The fraction of sp³-hybridized carbons (Fsp3) is 0.500. The molecule has 2 heterocycles. The molecule has 1 aromatic rings. The van der Waals surface area contributed by atoms with E-state index in [1.54, 1.807) is 11.3 Å². The number of aromatic nitrogens is 1. The van der Waals surface area contributed by atoms with Gasteiger partial charge in [0.15, 0.2) is 5.13 Å². The molecule has 82 valence electrons. The standard InChI is InChI=1S/C10H13BrN2OS/c1-8(6-11)9-7-12-10(15-9)13-2-4-14-5-3-13/h7H,1-6H2. The van der Waals surface area contributed by atoms with Crippen LogP contribution in [0.3, 0.4) is 0 Å². The predicted octanol–water partition coefficient (Wildman–Crippen LogP) is 2.39. The molecule has 0 unspecified atom stereocenters. The van der Waals surface area contributed by atoms with Crippen LogP contribution in [0.1, 0.15) is 4.88 Å². The molecule has 0 bridgehead atoms. The lowest BCUT2D eigenvalue weighted by atomic mass is 10.3. The molecule has 0 radical (unpaired) electrons. The number of thiazole rings is 1. The van der Waals surface area contributed by atoms with Gasteiger partial charge in [-0.2, -0.15) is 0 Å². The molecular formula is C10H13BrN2OS. The third-order valence-electron chi connectivity index (χ3n) is 2.28. The lowest BCUT2D eigenvalue weighted by molar-refractivity contribution is 0.122. The highest BCUT2D eigenvalue weighted by molar-refractivity contribution is 9.09. The van der Waals surface area contributed by atoms with Crippen LogP contribution in [-0.4, -0.2) is 36.6 Å². The van der Waals surface area contributed by atoms with Gasteiger partial charge in [0.25, 0.3) is 0 Å². The number of halogens is 1. The molecule has 0 amide bonds. The fourth-order valence-electron chi connectivity index (χ4n) is 1.40. The Morgan fingerprint density at radius 1 is 1.60 bits per heavy atom. The van der Waals surface area contributed by atoms with Crippen LogP contribution in [0.5, 0.6) is 0 Å². The molecule has 3 nitrogen and oxygen atoms in total. The van der Waals surface area contributed by atoms with Crippen molar-refractivity contribution >= 4 is 38.0 Å². The number of alkyl halides is 1. The number of anilines is 1. The van der Waals surface area contributed by atoms with Gasteiger partial charge in [0, 0.05) is 24.6 Å². The Kier molecular flexibility index (Phi) is 3.77. The summed E-state index contributed by atoms with van der Waals surface area (Å²) in [6, 6.07) is 0. The Hall–Kier alpha value is -0.390. The maximum atomic E-state index is 5.31. The first-order valence-electron chi connectivity index (χ1n) is 4.84. The van der Waals surface area contributed by atoms with E-state index in [1.165, 1.54) is 0 Å². The van der Waals surface area contributed by atoms with Crippen molar-refractivity contribution in [3.8, 4) is 0 Å². The zero-order valence-electron chi connectivity index (χ0n) is 8.41. The van der Waals surface area contributed by atoms with E-state index >= 15 is 0 Å². The van der Waals surface area contributed by atoms with Crippen LogP contribution in [0.25, 0.3) is 5.57 Å². The monoisotopic (exact) mass is 288 g/mol. The molecule has 1 aliphatic heterocycles. The summed E-state index contributed by atoms with van der Waals surface area (Å²) in [5, 5.41) is 1.88. The van der Waals surface area contributed by atoms with Crippen molar-refractivity contribution in [2.24, 2.45) is 0 Å². The third-order valence-corrected chi connectivity index (χ3v) is 4.12. The van der Waals surface area contributed by atoms with Crippen molar-refractivity contribution in [2.75, 3.05) is 36.5 Å². The second kappa shape index (κ2) is 5.09. The number of hydrogen-bond donors (Lipinski definition) is 0. The van der Waals surface area contributed by atoms with E-state index in [0.717, 1.165) is 47.2 Å². The SMILES string of the molecule is C=C(CBr)c1cnc(N2CCOCC2)s1. The molecule has 1 aliphatic rings. The smallest absolute Gasteiger partial charge is 0.185 e. The van der Waals surface area contributed by atoms with E-state index in [0.29, 0.717) is 0 Å². The highest BCUT2D eigenvalue weighted by atomic mass is 79.9. The summed E-state index contributed by atoms with van der Waals surface area (Å²) >= 11 is 5.10. The van der Waals surface area contributed by atoms with Crippen molar-refractivity contribution in [2.45, 2.75) is 0 Å². The number of allylic oxidation sites excluding steroid dienone is 1. The zero-order valence-corrected chi connectivity index (χ0v) is 10.8. The predicted molar refractivity (Wildman–Crippen MR) is 68.0 cm³/mol. The number of ether oxygens (including phenoxy) is 1. The molecule has 1 aromatic heterocycles. The summed E-state index contributed by atoms with van der Waals surface area (Å²) in [4.78, 5) is 7.84. The number of rotatable bonds is 3. The van der Waals surface area contributed by atoms with Crippen LogP contribution < -0.4 is 4.90 Å². The summed E-state index contributed by atoms with van der Waals surface area (Å²) < 4.78 is 5.31. The number of nitrogens with zero attached hydrogens (tertiary/aromatic N) is 2. The van der Waals surface area contributed by atoms with Crippen molar-refractivity contribution in [1.82, 2.24) is 4.98 Å². The first kappa shape index (κ1) is 11.1. The van der Waals surface area contributed by atoms with Gasteiger partial charge < -0.3 is 9.64 Å². The Morgan fingerprint density at radius 2 is 2.33 bits per heavy atom. The molecule has 2 rings (SSSR count). The molecule has 0 atom stereocenters. The van der Waals surface area contributed by atoms with Crippen molar-refractivity contribution in [1.29, 1.82) is 0 Å².